The van der Waals surface area contributed by atoms with Crippen molar-refractivity contribution < 1.29 is 22.1 Å². The molecule has 1 N–H and O–H groups in total. The Balaban J connectivity index is 1.47. The second-order valence-corrected chi connectivity index (χ2v) is 10.1. The Morgan fingerprint density at radius 2 is 2.10 bits per heavy atom. The van der Waals surface area contributed by atoms with Crippen LogP contribution in [0, 0.1) is 18.7 Å². The van der Waals surface area contributed by atoms with Crippen molar-refractivity contribution in [2.75, 3.05) is 18.4 Å². The van der Waals surface area contributed by atoms with E-state index >= 15 is 0 Å². The predicted molar refractivity (Wildman–Crippen MR) is 109 cm³/mol. The van der Waals surface area contributed by atoms with E-state index in [-0.39, 0.29) is 16.7 Å². The first kappa shape index (κ1) is 20.6. The quantitative estimate of drug-likeness (QED) is 0.640. The predicted octanol–water partition coefficient (Wildman–Crippen LogP) is 3.29. The highest BCUT2D eigenvalue weighted by Crippen LogP contribution is 2.31. The zero-order valence-corrected chi connectivity index (χ0v) is 17.7. The number of anilines is 1. The second kappa shape index (κ2) is 8.25. The van der Waals surface area contributed by atoms with Crippen LogP contribution in [0.3, 0.4) is 0 Å². The third-order valence-corrected chi connectivity index (χ3v) is 8.10. The van der Waals surface area contributed by atoms with E-state index in [1.807, 2.05) is 0 Å². The molecule has 1 amide bonds. The summed E-state index contributed by atoms with van der Waals surface area (Å²) in [5.74, 6) is -0.435. The van der Waals surface area contributed by atoms with Crippen LogP contribution in [0.4, 0.5) is 10.1 Å². The number of carbonyl (C=O) groups excluding carboxylic acids is 1. The van der Waals surface area contributed by atoms with E-state index in [0.717, 1.165) is 11.3 Å². The summed E-state index contributed by atoms with van der Waals surface area (Å²) in [7, 11) is -3.75. The number of piperidine rings is 1. The number of carbonyl (C=O) groups is 1. The molecular weight excluding hydrogens is 431 g/mol. The largest absolute Gasteiger partial charge is 0.339 e. The molecule has 3 heterocycles. The van der Waals surface area contributed by atoms with E-state index in [9.17, 15) is 17.6 Å². The van der Waals surface area contributed by atoms with Gasteiger partial charge < -0.3 is 9.84 Å². The molecule has 1 aliphatic rings. The van der Waals surface area contributed by atoms with Crippen molar-refractivity contribution in [1.29, 1.82) is 0 Å². The monoisotopic (exact) mass is 450 g/mol. The van der Waals surface area contributed by atoms with Crippen LogP contribution in [0.1, 0.15) is 18.7 Å². The van der Waals surface area contributed by atoms with Gasteiger partial charge >= 0.3 is 0 Å². The van der Waals surface area contributed by atoms with E-state index in [0.29, 0.717) is 42.4 Å². The fraction of sp³-hybridized carbons (Fsp3) is 0.316. The molecule has 2 aromatic heterocycles. The van der Waals surface area contributed by atoms with Crippen molar-refractivity contribution in [3.8, 4) is 11.4 Å². The van der Waals surface area contributed by atoms with Gasteiger partial charge in [-0.2, -0.15) is 9.29 Å². The molecule has 11 heteroatoms. The fourth-order valence-electron chi connectivity index (χ4n) is 3.27. The van der Waals surface area contributed by atoms with Gasteiger partial charge in [0.25, 0.3) is 10.0 Å². The maximum absolute atomic E-state index is 13.1. The second-order valence-electron chi connectivity index (χ2n) is 6.99. The van der Waals surface area contributed by atoms with Crippen molar-refractivity contribution >= 4 is 33.0 Å². The van der Waals surface area contributed by atoms with Crippen molar-refractivity contribution in [3.63, 3.8) is 0 Å². The zero-order chi connectivity index (χ0) is 21.3. The van der Waals surface area contributed by atoms with Gasteiger partial charge in [0.05, 0.1) is 5.92 Å². The first-order valence-electron chi connectivity index (χ1n) is 9.29. The highest BCUT2D eigenvalue weighted by Gasteiger charge is 2.34. The average Bonchev–Trinajstić information content (AvgIpc) is 3.39. The number of benzene rings is 1. The number of thiophene rings is 1. The molecule has 0 radical (unpaired) electrons. The molecule has 0 aliphatic carbocycles. The highest BCUT2D eigenvalue weighted by atomic mass is 32.2. The van der Waals surface area contributed by atoms with E-state index in [4.69, 9.17) is 4.52 Å². The molecule has 1 atom stereocenters. The molecule has 1 fully saturated rings. The maximum atomic E-state index is 13.1. The topological polar surface area (TPSA) is 105 Å². The lowest BCUT2D eigenvalue weighted by atomic mass is 9.99. The molecule has 0 spiro atoms. The lowest BCUT2D eigenvalue weighted by Crippen LogP contribution is -2.43. The molecule has 0 saturated carbocycles. The molecule has 30 heavy (non-hydrogen) atoms. The van der Waals surface area contributed by atoms with Gasteiger partial charge in [-0.1, -0.05) is 5.16 Å². The fourth-order valence-corrected chi connectivity index (χ4v) is 6.10. The van der Waals surface area contributed by atoms with Gasteiger partial charge in [-0.05, 0) is 43.2 Å². The highest BCUT2D eigenvalue weighted by molar-refractivity contribution is 7.91. The maximum Gasteiger partial charge on any atom is 0.252 e. The Hall–Kier alpha value is -2.63. The minimum atomic E-state index is -3.75. The minimum absolute atomic E-state index is 0.0872. The van der Waals surface area contributed by atoms with Gasteiger partial charge in [0.2, 0.25) is 17.6 Å². The normalized spacial score (nSPS) is 17.7. The van der Waals surface area contributed by atoms with Crippen LogP contribution in [-0.2, 0) is 14.8 Å². The van der Waals surface area contributed by atoms with Crippen LogP contribution in [0.25, 0.3) is 11.4 Å². The number of aryl methyl sites for hydroxylation is 1. The Morgan fingerprint density at radius 1 is 1.33 bits per heavy atom. The lowest BCUT2D eigenvalue weighted by Gasteiger charge is -2.30. The molecule has 1 saturated heterocycles. The summed E-state index contributed by atoms with van der Waals surface area (Å²) < 4.78 is 45.7. The summed E-state index contributed by atoms with van der Waals surface area (Å²) in [6, 6.07) is 6.97. The molecule has 158 valence electrons. The molecule has 3 aromatic rings. The van der Waals surface area contributed by atoms with Crippen molar-refractivity contribution in [3.05, 3.63) is 47.4 Å². The van der Waals surface area contributed by atoms with Gasteiger partial charge in [0.1, 0.15) is 10.0 Å². The van der Waals surface area contributed by atoms with Crippen molar-refractivity contribution in [2.45, 2.75) is 24.0 Å². The minimum Gasteiger partial charge on any atom is -0.339 e. The molecule has 0 bridgehead atoms. The van der Waals surface area contributed by atoms with E-state index in [1.165, 1.54) is 34.6 Å². The van der Waals surface area contributed by atoms with Gasteiger partial charge in [-0.3, -0.25) is 4.79 Å². The molecule has 0 unspecified atom stereocenters. The molecule has 4 rings (SSSR count). The van der Waals surface area contributed by atoms with Gasteiger partial charge in [0.15, 0.2) is 0 Å². The van der Waals surface area contributed by atoms with E-state index in [2.05, 4.69) is 15.5 Å². The average molecular weight is 451 g/mol. The Labute approximate surface area is 176 Å². The van der Waals surface area contributed by atoms with Crippen LogP contribution < -0.4 is 5.32 Å². The van der Waals surface area contributed by atoms with Crippen LogP contribution in [-0.4, -0.2) is 41.9 Å². The number of rotatable bonds is 5. The number of hydrogen-bond donors (Lipinski definition) is 1. The Bertz CT molecular complexity index is 1160. The smallest absolute Gasteiger partial charge is 0.252 e. The first-order valence-corrected chi connectivity index (χ1v) is 11.6. The number of aromatic nitrogens is 2. The van der Waals surface area contributed by atoms with Crippen LogP contribution >= 0.6 is 11.3 Å². The molecular formula is C19H19FN4O4S2. The third kappa shape index (κ3) is 4.27. The zero-order valence-electron chi connectivity index (χ0n) is 16.0. The standard InChI is InChI=1S/C19H19FN4O4S2/c1-12-21-18(23-28-12)14-9-17(29-11-14)30(26,27)24-8-2-3-13(10-24)19(25)22-16-6-4-15(20)5-7-16/h4-7,9,11,13H,2-3,8,10H2,1H3,(H,22,25)/t13-/m1/s1. The number of hydrogen-bond acceptors (Lipinski definition) is 7. The summed E-state index contributed by atoms with van der Waals surface area (Å²) in [6.45, 7) is 2.09. The van der Waals surface area contributed by atoms with Crippen LogP contribution in [0.2, 0.25) is 0 Å². The number of sulfonamides is 1. The van der Waals surface area contributed by atoms with Crippen LogP contribution in [0.15, 0.2) is 44.4 Å². The van der Waals surface area contributed by atoms with E-state index in [1.54, 1.807) is 12.3 Å². The Morgan fingerprint density at radius 3 is 2.80 bits per heavy atom. The Kier molecular flexibility index (Phi) is 5.67. The summed E-state index contributed by atoms with van der Waals surface area (Å²) in [5, 5.41) is 8.20. The summed E-state index contributed by atoms with van der Waals surface area (Å²) in [6.07, 6.45) is 1.15. The first-order chi connectivity index (χ1) is 14.3. The molecule has 1 aromatic carbocycles. The summed E-state index contributed by atoms with van der Waals surface area (Å²) in [5.41, 5.74) is 1.04. The summed E-state index contributed by atoms with van der Waals surface area (Å²) >= 11 is 1.08. The van der Waals surface area contributed by atoms with Crippen molar-refractivity contribution in [2.24, 2.45) is 5.92 Å². The van der Waals surface area contributed by atoms with Crippen LogP contribution in [0.5, 0.6) is 0 Å². The SMILES string of the molecule is Cc1nc(-c2csc(S(=O)(=O)N3CCC[C@@H](C(=O)Nc4ccc(F)cc4)C3)c2)no1. The molecule has 8 nitrogen and oxygen atoms in total. The lowest BCUT2D eigenvalue weighted by molar-refractivity contribution is -0.120. The van der Waals surface area contributed by atoms with Gasteiger partial charge in [-0.15, -0.1) is 11.3 Å². The van der Waals surface area contributed by atoms with Gasteiger partial charge in [-0.25, -0.2) is 12.8 Å². The molecule has 1 aliphatic heterocycles. The van der Waals surface area contributed by atoms with E-state index < -0.39 is 21.8 Å². The number of halogens is 1. The third-order valence-electron chi connectivity index (χ3n) is 4.82. The number of nitrogens with one attached hydrogen (secondary N) is 1. The van der Waals surface area contributed by atoms with Crippen molar-refractivity contribution in [1.82, 2.24) is 14.4 Å². The van der Waals surface area contributed by atoms with Gasteiger partial charge in [0, 0.05) is 36.6 Å². The summed E-state index contributed by atoms with van der Waals surface area (Å²) in [4.78, 5) is 16.7. The number of nitrogens with zero attached hydrogens (tertiary/aromatic N) is 3. The number of amides is 1.